The van der Waals surface area contributed by atoms with Gasteiger partial charge in [-0.05, 0) is 38.8 Å². The molecule has 0 radical (unpaired) electrons. The maximum atomic E-state index is 9.65. The first-order chi connectivity index (χ1) is 7.66. The normalized spacial score (nSPS) is 23.2. The summed E-state index contributed by atoms with van der Waals surface area (Å²) in [5, 5.41) is 9.65. The Morgan fingerprint density at radius 2 is 2.31 bits per heavy atom. The minimum absolute atomic E-state index is 0.215. The zero-order valence-corrected chi connectivity index (χ0v) is 10.1. The number of aliphatic hydroxyl groups is 1. The van der Waals surface area contributed by atoms with Crippen LogP contribution in [0.1, 0.15) is 25.5 Å². The van der Waals surface area contributed by atoms with E-state index >= 15 is 0 Å². The summed E-state index contributed by atoms with van der Waals surface area (Å²) in [6.07, 6.45) is 2.05. The van der Waals surface area contributed by atoms with Crippen molar-refractivity contribution in [2.45, 2.75) is 32.8 Å². The molecule has 0 amide bonds. The zero-order valence-electron chi connectivity index (χ0n) is 10.1. The predicted octanol–water partition coefficient (Wildman–Crippen LogP) is 1.99. The number of rotatable bonds is 2. The molecular weight excluding hydrogens is 200 g/mol. The lowest BCUT2D eigenvalue weighted by atomic mass is 9.93. The Balaban J connectivity index is 2.09. The Bertz CT molecular complexity index is 352. The smallest absolute Gasteiger partial charge is 0.128 e. The number of aryl methyl sites for hydroxylation is 1. The molecule has 88 valence electrons. The standard InChI is InChI=1S/C13H20N2O/c1-10-5-3-7-13(14-10)15-8-4-6-12(9-15)11(2)16/h3,5,7,11-12,16H,4,6,8-9H2,1-2H3. The van der Waals surface area contributed by atoms with Crippen molar-refractivity contribution in [3.05, 3.63) is 23.9 Å². The highest BCUT2D eigenvalue weighted by molar-refractivity contribution is 5.39. The van der Waals surface area contributed by atoms with Crippen molar-refractivity contribution in [1.82, 2.24) is 4.98 Å². The van der Waals surface area contributed by atoms with Gasteiger partial charge in [-0.1, -0.05) is 6.07 Å². The Hall–Kier alpha value is -1.09. The first kappa shape index (κ1) is 11.4. The van der Waals surface area contributed by atoms with E-state index in [0.29, 0.717) is 5.92 Å². The van der Waals surface area contributed by atoms with Crippen LogP contribution in [0.25, 0.3) is 0 Å². The molecule has 2 heterocycles. The van der Waals surface area contributed by atoms with E-state index in [-0.39, 0.29) is 6.10 Å². The lowest BCUT2D eigenvalue weighted by Gasteiger charge is -2.35. The van der Waals surface area contributed by atoms with E-state index in [0.717, 1.165) is 37.4 Å². The van der Waals surface area contributed by atoms with Gasteiger partial charge in [-0.3, -0.25) is 0 Å². The summed E-state index contributed by atoms with van der Waals surface area (Å²) in [7, 11) is 0. The average Bonchev–Trinajstić information content (AvgIpc) is 2.29. The highest BCUT2D eigenvalue weighted by atomic mass is 16.3. The van der Waals surface area contributed by atoms with E-state index in [2.05, 4.69) is 16.0 Å². The highest BCUT2D eigenvalue weighted by Crippen LogP contribution is 2.23. The van der Waals surface area contributed by atoms with Crippen molar-refractivity contribution in [2.75, 3.05) is 18.0 Å². The minimum atomic E-state index is -0.215. The van der Waals surface area contributed by atoms with Gasteiger partial charge in [0.05, 0.1) is 6.10 Å². The minimum Gasteiger partial charge on any atom is -0.393 e. The highest BCUT2D eigenvalue weighted by Gasteiger charge is 2.24. The number of hydrogen-bond acceptors (Lipinski definition) is 3. The Kier molecular flexibility index (Phi) is 3.44. The third-order valence-electron chi connectivity index (χ3n) is 3.34. The van der Waals surface area contributed by atoms with Gasteiger partial charge in [-0.2, -0.15) is 0 Å². The largest absolute Gasteiger partial charge is 0.393 e. The summed E-state index contributed by atoms with van der Waals surface area (Å²) in [6, 6.07) is 6.11. The molecule has 1 fully saturated rings. The van der Waals surface area contributed by atoms with Crippen LogP contribution >= 0.6 is 0 Å². The molecule has 0 saturated carbocycles. The number of nitrogens with zero attached hydrogens (tertiary/aromatic N) is 2. The average molecular weight is 220 g/mol. The second-order valence-electron chi connectivity index (χ2n) is 4.73. The molecule has 2 unspecified atom stereocenters. The zero-order chi connectivity index (χ0) is 11.5. The molecule has 2 rings (SSSR count). The predicted molar refractivity (Wildman–Crippen MR) is 65.6 cm³/mol. The Labute approximate surface area is 97.1 Å². The van der Waals surface area contributed by atoms with Crippen LogP contribution in [-0.4, -0.2) is 29.3 Å². The SMILES string of the molecule is Cc1cccc(N2CCCC(C(C)O)C2)n1. The van der Waals surface area contributed by atoms with Gasteiger partial charge in [0.1, 0.15) is 5.82 Å². The van der Waals surface area contributed by atoms with E-state index in [9.17, 15) is 5.11 Å². The third-order valence-corrected chi connectivity index (χ3v) is 3.34. The number of piperidine rings is 1. The molecule has 0 spiro atoms. The molecule has 3 heteroatoms. The van der Waals surface area contributed by atoms with Crippen molar-refractivity contribution in [3.63, 3.8) is 0 Å². The summed E-state index contributed by atoms with van der Waals surface area (Å²) in [6.45, 7) is 5.88. The molecule has 1 aliphatic rings. The number of anilines is 1. The fraction of sp³-hybridized carbons (Fsp3) is 0.615. The molecule has 0 bridgehead atoms. The summed E-state index contributed by atoms with van der Waals surface area (Å²) in [5.74, 6) is 1.43. The first-order valence-corrected chi connectivity index (χ1v) is 6.03. The second-order valence-corrected chi connectivity index (χ2v) is 4.73. The molecule has 1 aromatic rings. The van der Waals surface area contributed by atoms with Crippen LogP contribution in [0.2, 0.25) is 0 Å². The van der Waals surface area contributed by atoms with Gasteiger partial charge in [0, 0.05) is 24.7 Å². The lowest BCUT2D eigenvalue weighted by molar-refractivity contribution is 0.115. The molecule has 1 aromatic heterocycles. The van der Waals surface area contributed by atoms with Crippen LogP contribution in [0.5, 0.6) is 0 Å². The van der Waals surface area contributed by atoms with E-state index in [1.165, 1.54) is 0 Å². The quantitative estimate of drug-likeness (QED) is 0.828. The van der Waals surface area contributed by atoms with Crippen molar-refractivity contribution < 1.29 is 5.11 Å². The van der Waals surface area contributed by atoms with Gasteiger partial charge >= 0.3 is 0 Å². The van der Waals surface area contributed by atoms with Crippen LogP contribution in [0.3, 0.4) is 0 Å². The molecule has 1 aliphatic heterocycles. The summed E-state index contributed by atoms with van der Waals surface area (Å²) < 4.78 is 0. The van der Waals surface area contributed by atoms with Crippen molar-refractivity contribution in [1.29, 1.82) is 0 Å². The second kappa shape index (κ2) is 4.83. The van der Waals surface area contributed by atoms with E-state index in [4.69, 9.17) is 0 Å². The summed E-state index contributed by atoms with van der Waals surface area (Å²) in [4.78, 5) is 6.82. The monoisotopic (exact) mass is 220 g/mol. The number of pyridine rings is 1. The van der Waals surface area contributed by atoms with Crippen LogP contribution in [0.4, 0.5) is 5.82 Å². The molecule has 3 nitrogen and oxygen atoms in total. The molecule has 2 atom stereocenters. The van der Waals surface area contributed by atoms with E-state index in [1.807, 2.05) is 26.0 Å². The Morgan fingerprint density at radius 1 is 1.50 bits per heavy atom. The van der Waals surface area contributed by atoms with Gasteiger partial charge < -0.3 is 10.0 Å². The molecule has 1 N–H and O–H groups in total. The molecule has 0 aliphatic carbocycles. The van der Waals surface area contributed by atoms with Crippen LogP contribution < -0.4 is 4.90 Å². The molecular formula is C13H20N2O. The maximum absolute atomic E-state index is 9.65. The van der Waals surface area contributed by atoms with E-state index in [1.54, 1.807) is 0 Å². The van der Waals surface area contributed by atoms with Crippen LogP contribution in [0.15, 0.2) is 18.2 Å². The van der Waals surface area contributed by atoms with Gasteiger partial charge in [0.15, 0.2) is 0 Å². The fourth-order valence-electron chi connectivity index (χ4n) is 2.32. The van der Waals surface area contributed by atoms with Gasteiger partial charge in [0.2, 0.25) is 0 Å². The van der Waals surface area contributed by atoms with Crippen molar-refractivity contribution >= 4 is 5.82 Å². The number of hydrogen-bond donors (Lipinski definition) is 1. The maximum Gasteiger partial charge on any atom is 0.128 e. The Morgan fingerprint density at radius 3 is 3.00 bits per heavy atom. The molecule has 1 saturated heterocycles. The van der Waals surface area contributed by atoms with Gasteiger partial charge in [0.25, 0.3) is 0 Å². The van der Waals surface area contributed by atoms with Crippen molar-refractivity contribution in [2.24, 2.45) is 5.92 Å². The summed E-state index contributed by atoms with van der Waals surface area (Å²) >= 11 is 0. The van der Waals surface area contributed by atoms with Gasteiger partial charge in [-0.25, -0.2) is 4.98 Å². The molecule has 16 heavy (non-hydrogen) atoms. The summed E-state index contributed by atoms with van der Waals surface area (Å²) in [5.41, 5.74) is 1.05. The lowest BCUT2D eigenvalue weighted by Crippen LogP contribution is -2.40. The van der Waals surface area contributed by atoms with Gasteiger partial charge in [-0.15, -0.1) is 0 Å². The number of aliphatic hydroxyl groups excluding tert-OH is 1. The third kappa shape index (κ3) is 2.53. The number of aromatic nitrogens is 1. The fourth-order valence-corrected chi connectivity index (χ4v) is 2.32. The van der Waals surface area contributed by atoms with E-state index < -0.39 is 0 Å². The van der Waals surface area contributed by atoms with Crippen LogP contribution in [0, 0.1) is 12.8 Å². The molecule has 0 aromatic carbocycles. The topological polar surface area (TPSA) is 36.4 Å². The van der Waals surface area contributed by atoms with Crippen molar-refractivity contribution in [3.8, 4) is 0 Å². The van der Waals surface area contributed by atoms with Crippen LogP contribution in [-0.2, 0) is 0 Å². The first-order valence-electron chi connectivity index (χ1n) is 6.03.